The summed E-state index contributed by atoms with van der Waals surface area (Å²) in [7, 11) is 0. The molecule has 0 spiro atoms. The van der Waals surface area contributed by atoms with Gasteiger partial charge in [0.05, 0.1) is 11.6 Å². The molecule has 0 bridgehead atoms. The van der Waals surface area contributed by atoms with E-state index in [0.717, 1.165) is 12.1 Å². The fraction of sp³-hybridized carbons (Fsp3) is 0.625. The molecule has 0 saturated heterocycles. The molecule has 0 aromatic rings. The first-order chi connectivity index (χ1) is 8.62. The van der Waals surface area contributed by atoms with Gasteiger partial charge in [0.2, 0.25) is 5.91 Å². The zero-order chi connectivity index (χ0) is 14.4. The van der Waals surface area contributed by atoms with Crippen molar-refractivity contribution in [1.29, 1.82) is 0 Å². The van der Waals surface area contributed by atoms with E-state index in [0.29, 0.717) is 0 Å². The van der Waals surface area contributed by atoms with Crippen molar-refractivity contribution in [3.63, 3.8) is 0 Å². The zero-order valence-corrected chi connectivity index (χ0v) is 12.8. The van der Waals surface area contributed by atoms with Gasteiger partial charge in [0.1, 0.15) is 0 Å². The van der Waals surface area contributed by atoms with Crippen LogP contribution in [-0.2, 0) is 4.79 Å². The third kappa shape index (κ3) is 2.51. The molecule has 19 heavy (non-hydrogen) atoms. The fourth-order valence-corrected chi connectivity index (χ4v) is 2.80. The van der Waals surface area contributed by atoms with Gasteiger partial charge in [-0.15, -0.1) is 0 Å². The lowest BCUT2D eigenvalue weighted by Gasteiger charge is -2.39. The van der Waals surface area contributed by atoms with Crippen molar-refractivity contribution in [1.82, 2.24) is 4.90 Å². The van der Waals surface area contributed by atoms with Crippen LogP contribution in [0, 0.1) is 11.3 Å². The average Bonchev–Trinajstić information content (AvgIpc) is 2.57. The summed E-state index contributed by atoms with van der Waals surface area (Å²) in [5.41, 5.74) is 1.84. The third-order valence-electron chi connectivity index (χ3n) is 3.67. The quantitative estimate of drug-likeness (QED) is 0.655. The predicted molar refractivity (Wildman–Crippen MR) is 78.8 cm³/mol. The molecule has 2 aliphatic heterocycles. The van der Waals surface area contributed by atoms with Crippen LogP contribution in [-0.4, -0.2) is 22.6 Å². The van der Waals surface area contributed by atoms with Crippen molar-refractivity contribution in [3.05, 3.63) is 23.5 Å². The van der Waals surface area contributed by atoms with Crippen LogP contribution < -0.4 is 0 Å². The smallest absolute Gasteiger partial charge is 0.234 e. The van der Waals surface area contributed by atoms with Gasteiger partial charge in [-0.25, -0.2) is 0 Å². The molecule has 2 rings (SSSR count). The first kappa shape index (κ1) is 14.0. The minimum absolute atomic E-state index is 0.0963. The first-order valence-electron chi connectivity index (χ1n) is 6.89. The molecular formula is C16H24N2O. The number of carbonyl (C=O) groups is 1. The lowest BCUT2D eigenvalue weighted by atomic mass is 9.74. The van der Waals surface area contributed by atoms with Crippen molar-refractivity contribution < 1.29 is 4.79 Å². The van der Waals surface area contributed by atoms with Crippen LogP contribution in [0.5, 0.6) is 0 Å². The van der Waals surface area contributed by atoms with Crippen LogP contribution in [0.1, 0.15) is 48.0 Å². The molecule has 1 atom stereocenters. The van der Waals surface area contributed by atoms with Crippen molar-refractivity contribution in [2.45, 2.75) is 53.5 Å². The van der Waals surface area contributed by atoms with Crippen molar-refractivity contribution in [3.8, 4) is 0 Å². The summed E-state index contributed by atoms with van der Waals surface area (Å²) >= 11 is 0. The molecule has 0 aromatic carbocycles. The molecule has 104 valence electrons. The monoisotopic (exact) mass is 260 g/mol. The maximum Gasteiger partial charge on any atom is 0.234 e. The molecule has 3 heteroatoms. The summed E-state index contributed by atoms with van der Waals surface area (Å²) in [6.45, 7) is 12.6. The standard InChI is InChI=1S/C16H24N2O/c1-15(2,3)13-11-7-9-17-12(11)8-10-18(14(13)19)16(4,5)6/h8-10,13H,7H2,1-6H3. The summed E-state index contributed by atoms with van der Waals surface area (Å²) < 4.78 is 0. The number of hydrogen-bond donors (Lipinski definition) is 0. The molecule has 0 radical (unpaired) electrons. The number of amides is 1. The highest BCUT2D eigenvalue weighted by Crippen LogP contribution is 2.41. The maximum atomic E-state index is 13.0. The second-order valence-corrected chi connectivity index (χ2v) is 7.42. The summed E-state index contributed by atoms with van der Waals surface area (Å²) in [5.74, 6) is 0.0889. The summed E-state index contributed by atoms with van der Waals surface area (Å²) in [5, 5.41) is 0. The van der Waals surface area contributed by atoms with Crippen LogP contribution >= 0.6 is 0 Å². The van der Waals surface area contributed by atoms with Gasteiger partial charge in [-0.05, 0) is 37.8 Å². The van der Waals surface area contributed by atoms with E-state index in [2.05, 4.69) is 46.5 Å². The van der Waals surface area contributed by atoms with Gasteiger partial charge in [-0.2, -0.15) is 0 Å². The summed E-state index contributed by atoms with van der Waals surface area (Å²) in [6.07, 6.45) is 6.58. The summed E-state index contributed by atoms with van der Waals surface area (Å²) in [6, 6.07) is 0. The Morgan fingerprint density at radius 1 is 1.21 bits per heavy atom. The lowest BCUT2D eigenvalue weighted by Crippen LogP contribution is -2.47. The van der Waals surface area contributed by atoms with Crippen LogP contribution in [0.2, 0.25) is 0 Å². The van der Waals surface area contributed by atoms with Crippen LogP contribution in [0.4, 0.5) is 0 Å². The molecule has 0 aromatic heterocycles. The van der Waals surface area contributed by atoms with E-state index in [1.54, 1.807) is 0 Å². The molecular weight excluding hydrogens is 236 g/mol. The van der Waals surface area contributed by atoms with E-state index in [9.17, 15) is 4.79 Å². The van der Waals surface area contributed by atoms with Crippen molar-refractivity contribution in [2.75, 3.05) is 0 Å². The van der Waals surface area contributed by atoms with Gasteiger partial charge in [0, 0.05) is 24.4 Å². The number of nitrogens with zero attached hydrogens (tertiary/aromatic N) is 2. The highest BCUT2D eigenvalue weighted by atomic mass is 16.2. The number of carbonyl (C=O) groups excluding carboxylic acids is 1. The molecule has 2 aliphatic rings. The molecule has 0 N–H and O–H groups in total. The number of aliphatic imine (C=N–C) groups is 1. The van der Waals surface area contributed by atoms with E-state index < -0.39 is 0 Å². The van der Waals surface area contributed by atoms with E-state index in [1.165, 1.54) is 5.57 Å². The van der Waals surface area contributed by atoms with Crippen LogP contribution in [0.25, 0.3) is 0 Å². The molecule has 1 unspecified atom stereocenters. The molecule has 2 heterocycles. The predicted octanol–water partition coefficient (Wildman–Crippen LogP) is 3.53. The minimum Gasteiger partial charge on any atom is -0.313 e. The molecule has 0 fully saturated rings. The average molecular weight is 260 g/mol. The Hall–Kier alpha value is -1.38. The van der Waals surface area contributed by atoms with Crippen LogP contribution in [0.3, 0.4) is 0 Å². The second-order valence-electron chi connectivity index (χ2n) is 7.42. The second kappa shape index (κ2) is 4.32. The van der Waals surface area contributed by atoms with Gasteiger partial charge >= 0.3 is 0 Å². The number of rotatable bonds is 0. The zero-order valence-electron chi connectivity index (χ0n) is 12.8. The van der Waals surface area contributed by atoms with E-state index in [1.807, 2.05) is 23.4 Å². The topological polar surface area (TPSA) is 32.7 Å². The minimum atomic E-state index is -0.208. The number of allylic oxidation sites excluding steroid dienone is 1. The molecule has 0 saturated carbocycles. The Kier molecular flexibility index (Phi) is 3.20. The van der Waals surface area contributed by atoms with E-state index in [-0.39, 0.29) is 22.8 Å². The highest BCUT2D eigenvalue weighted by Gasteiger charge is 2.42. The van der Waals surface area contributed by atoms with E-state index in [4.69, 9.17) is 0 Å². The largest absolute Gasteiger partial charge is 0.313 e. The highest BCUT2D eigenvalue weighted by molar-refractivity contribution is 5.87. The Morgan fingerprint density at radius 2 is 1.84 bits per heavy atom. The molecule has 0 aliphatic carbocycles. The molecule has 3 nitrogen and oxygen atoms in total. The van der Waals surface area contributed by atoms with Gasteiger partial charge in [0.15, 0.2) is 0 Å². The maximum absolute atomic E-state index is 13.0. The Bertz CT molecular complexity index is 484. The van der Waals surface area contributed by atoms with Gasteiger partial charge in [-0.1, -0.05) is 20.8 Å². The lowest BCUT2D eigenvalue weighted by molar-refractivity contribution is -0.138. The Morgan fingerprint density at radius 3 is 2.37 bits per heavy atom. The van der Waals surface area contributed by atoms with Gasteiger partial charge in [0.25, 0.3) is 0 Å². The van der Waals surface area contributed by atoms with Gasteiger partial charge < -0.3 is 4.90 Å². The van der Waals surface area contributed by atoms with Crippen molar-refractivity contribution >= 4 is 12.1 Å². The summed E-state index contributed by atoms with van der Waals surface area (Å²) in [4.78, 5) is 19.2. The number of hydrogen-bond acceptors (Lipinski definition) is 2. The van der Waals surface area contributed by atoms with Gasteiger partial charge in [-0.3, -0.25) is 9.79 Å². The Balaban J connectivity index is 2.51. The van der Waals surface area contributed by atoms with E-state index >= 15 is 0 Å². The normalized spacial score (nSPS) is 24.0. The first-order valence-corrected chi connectivity index (χ1v) is 6.89. The molecule has 1 amide bonds. The SMILES string of the molecule is CC(C)(C)C1C(=O)N(C(C)(C)C)C=CC2=C1CC=N2. The fourth-order valence-electron chi connectivity index (χ4n) is 2.80. The van der Waals surface area contributed by atoms with Crippen LogP contribution in [0.15, 0.2) is 28.5 Å². The van der Waals surface area contributed by atoms with Crippen molar-refractivity contribution in [2.24, 2.45) is 16.3 Å². The third-order valence-corrected chi connectivity index (χ3v) is 3.67. The Labute approximate surface area is 116 Å².